The number of carbonyl (C=O) groups excluding carboxylic acids is 3. The van der Waals surface area contributed by atoms with Crippen LogP contribution in [0.4, 0.5) is 5.69 Å². The standard InChI is InChI=1S/C18H22N2O4/c1-4-10-19(13(3)21)16-12-17(22)20(18(16)23)14-6-8-15(9-7-14)24-11-5-2/h4,6-9,16H,1,5,10-12H2,2-3H3/t16-/m1/s1. The molecule has 1 aromatic carbocycles. The van der Waals surface area contributed by atoms with Crippen molar-refractivity contribution in [3.05, 3.63) is 36.9 Å². The predicted octanol–water partition coefficient (Wildman–Crippen LogP) is 2.14. The highest BCUT2D eigenvalue weighted by molar-refractivity contribution is 6.23. The molecule has 0 aromatic heterocycles. The Balaban J connectivity index is 2.19. The van der Waals surface area contributed by atoms with Gasteiger partial charge in [-0.25, -0.2) is 4.90 Å². The lowest BCUT2D eigenvalue weighted by Gasteiger charge is -2.25. The summed E-state index contributed by atoms with van der Waals surface area (Å²) >= 11 is 0. The number of ether oxygens (including phenoxy) is 1. The molecule has 0 unspecified atom stereocenters. The van der Waals surface area contributed by atoms with Crippen molar-refractivity contribution in [1.82, 2.24) is 4.90 Å². The van der Waals surface area contributed by atoms with E-state index in [-0.39, 0.29) is 30.7 Å². The molecule has 128 valence electrons. The van der Waals surface area contributed by atoms with E-state index < -0.39 is 6.04 Å². The highest BCUT2D eigenvalue weighted by Crippen LogP contribution is 2.27. The molecule has 3 amide bonds. The maximum atomic E-state index is 12.6. The third-order valence-electron chi connectivity index (χ3n) is 3.80. The lowest BCUT2D eigenvalue weighted by atomic mass is 10.2. The van der Waals surface area contributed by atoms with Gasteiger partial charge in [0.05, 0.1) is 18.7 Å². The maximum Gasteiger partial charge on any atom is 0.257 e. The number of hydrogen-bond donors (Lipinski definition) is 0. The molecule has 0 saturated carbocycles. The number of carbonyl (C=O) groups is 3. The summed E-state index contributed by atoms with van der Waals surface area (Å²) in [6.45, 7) is 7.83. The van der Waals surface area contributed by atoms with Gasteiger partial charge in [0.1, 0.15) is 11.8 Å². The number of anilines is 1. The van der Waals surface area contributed by atoms with Gasteiger partial charge in [-0.1, -0.05) is 13.0 Å². The number of rotatable bonds is 7. The molecular formula is C18H22N2O4. The molecule has 0 bridgehead atoms. The first-order chi connectivity index (χ1) is 11.5. The summed E-state index contributed by atoms with van der Waals surface area (Å²) in [7, 11) is 0. The van der Waals surface area contributed by atoms with Crippen LogP contribution in [-0.4, -0.2) is 41.8 Å². The summed E-state index contributed by atoms with van der Waals surface area (Å²) < 4.78 is 5.50. The van der Waals surface area contributed by atoms with Crippen molar-refractivity contribution in [3.63, 3.8) is 0 Å². The number of nitrogens with zero attached hydrogens (tertiary/aromatic N) is 2. The van der Waals surface area contributed by atoms with E-state index in [1.54, 1.807) is 30.3 Å². The lowest BCUT2D eigenvalue weighted by Crippen LogP contribution is -2.44. The van der Waals surface area contributed by atoms with Crippen molar-refractivity contribution in [2.24, 2.45) is 0 Å². The summed E-state index contributed by atoms with van der Waals surface area (Å²) in [5, 5.41) is 0. The molecule has 6 nitrogen and oxygen atoms in total. The quantitative estimate of drug-likeness (QED) is 0.567. The molecule has 0 radical (unpaired) electrons. The molecule has 0 N–H and O–H groups in total. The molecule has 6 heteroatoms. The molecule has 1 aliphatic heterocycles. The van der Waals surface area contributed by atoms with Crippen molar-refractivity contribution in [2.45, 2.75) is 32.7 Å². The van der Waals surface area contributed by atoms with Crippen LogP contribution in [0.5, 0.6) is 5.75 Å². The normalized spacial score (nSPS) is 17.1. The van der Waals surface area contributed by atoms with Crippen molar-refractivity contribution in [2.75, 3.05) is 18.1 Å². The molecule has 1 aliphatic rings. The summed E-state index contributed by atoms with van der Waals surface area (Å²) in [5.74, 6) is -0.277. The van der Waals surface area contributed by atoms with Crippen LogP contribution in [0.2, 0.25) is 0 Å². The van der Waals surface area contributed by atoms with Crippen molar-refractivity contribution < 1.29 is 19.1 Å². The molecular weight excluding hydrogens is 308 g/mol. The second kappa shape index (κ2) is 7.77. The molecule has 24 heavy (non-hydrogen) atoms. The van der Waals surface area contributed by atoms with Gasteiger partial charge in [-0.05, 0) is 30.7 Å². The van der Waals surface area contributed by atoms with Crippen LogP contribution < -0.4 is 9.64 Å². The van der Waals surface area contributed by atoms with E-state index in [4.69, 9.17) is 4.74 Å². The van der Waals surface area contributed by atoms with E-state index in [0.717, 1.165) is 11.3 Å². The molecule has 2 rings (SSSR count). The molecule has 1 atom stereocenters. The van der Waals surface area contributed by atoms with Gasteiger partial charge in [-0.3, -0.25) is 14.4 Å². The van der Waals surface area contributed by atoms with E-state index >= 15 is 0 Å². The highest BCUT2D eigenvalue weighted by Gasteiger charge is 2.43. The van der Waals surface area contributed by atoms with Crippen LogP contribution in [-0.2, 0) is 14.4 Å². The monoisotopic (exact) mass is 330 g/mol. The smallest absolute Gasteiger partial charge is 0.257 e. The highest BCUT2D eigenvalue weighted by atomic mass is 16.5. The van der Waals surface area contributed by atoms with Crippen molar-refractivity contribution >= 4 is 23.4 Å². The predicted molar refractivity (Wildman–Crippen MR) is 90.7 cm³/mol. The van der Waals surface area contributed by atoms with E-state index in [0.29, 0.717) is 18.0 Å². The summed E-state index contributed by atoms with van der Waals surface area (Å²) in [4.78, 5) is 39.2. The zero-order chi connectivity index (χ0) is 17.7. The van der Waals surface area contributed by atoms with Crippen LogP contribution in [0, 0.1) is 0 Å². The van der Waals surface area contributed by atoms with E-state index in [9.17, 15) is 14.4 Å². The van der Waals surface area contributed by atoms with Crippen LogP contribution in [0.1, 0.15) is 26.7 Å². The van der Waals surface area contributed by atoms with Gasteiger partial charge in [0.25, 0.3) is 5.91 Å². The molecule has 1 aromatic rings. The minimum atomic E-state index is -0.774. The van der Waals surface area contributed by atoms with Gasteiger partial charge < -0.3 is 9.64 Å². The lowest BCUT2D eigenvalue weighted by molar-refractivity contribution is -0.135. The molecule has 0 spiro atoms. The first kappa shape index (κ1) is 17.7. The van der Waals surface area contributed by atoms with Gasteiger partial charge in [0.15, 0.2) is 0 Å². The van der Waals surface area contributed by atoms with Gasteiger partial charge in [-0.15, -0.1) is 6.58 Å². The Morgan fingerprint density at radius 3 is 2.58 bits per heavy atom. The average Bonchev–Trinajstić information content (AvgIpc) is 2.85. The Kier molecular flexibility index (Phi) is 5.73. The fourth-order valence-electron chi connectivity index (χ4n) is 2.66. The Bertz CT molecular complexity index is 639. The second-order valence-electron chi connectivity index (χ2n) is 5.59. The molecule has 1 heterocycles. The summed E-state index contributed by atoms with van der Waals surface area (Å²) in [6.07, 6.45) is 2.43. The minimum Gasteiger partial charge on any atom is -0.494 e. The SMILES string of the molecule is C=CCN(C(C)=O)[C@@H]1CC(=O)N(c2ccc(OCCC)cc2)C1=O. The Morgan fingerprint density at radius 2 is 2.04 bits per heavy atom. The number of benzene rings is 1. The van der Waals surface area contributed by atoms with Crippen molar-refractivity contribution in [3.8, 4) is 5.75 Å². The molecule has 1 fully saturated rings. The topological polar surface area (TPSA) is 66.9 Å². The third-order valence-corrected chi connectivity index (χ3v) is 3.80. The third kappa shape index (κ3) is 3.64. The average molecular weight is 330 g/mol. The van der Waals surface area contributed by atoms with Crippen LogP contribution in [0.15, 0.2) is 36.9 Å². The molecule has 1 saturated heterocycles. The second-order valence-corrected chi connectivity index (χ2v) is 5.59. The molecule has 0 aliphatic carbocycles. The van der Waals surface area contributed by atoms with E-state index in [2.05, 4.69) is 6.58 Å². The fraction of sp³-hybridized carbons (Fsp3) is 0.389. The minimum absolute atomic E-state index is 0.0136. The maximum absolute atomic E-state index is 12.6. The summed E-state index contributed by atoms with van der Waals surface area (Å²) in [5.41, 5.74) is 0.485. The Hall–Kier alpha value is -2.63. The van der Waals surface area contributed by atoms with Crippen LogP contribution in [0.25, 0.3) is 0 Å². The Labute approximate surface area is 141 Å². The number of hydrogen-bond acceptors (Lipinski definition) is 4. The van der Waals surface area contributed by atoms with Gasteiger partial charge in [-0.2, -0.15) is 0 Å². The summed E-state index contributed by atoms with van der Waals surface area (Å²) in [6, 6.07) is 6.03. The number of amides is 3. The zero-order valence-electron chi connectivity index (χ0n) is 14.0. The first-order valence-electron chi connectivity index (χ1n) is 7.97. The van der Waals surface area contributed by atoms with Gasteiger partial charge in [0, 0.05) is 13.5 Å². The first-order valence-corrected chi connectivity index (χ1v) is 7.97. The zero-order valence-corrected chi connectivity index (χ0v) is 14.0. The fourth-order valence-corrected chi connectivity index (χ4v) is 2.66. The number of imide groups is 1. The van der Waals surface area contributed by atoms with Gasteiger partial charge in [0.2, 0.25) is 11.8 Å². The van der Waals surface area contributed by atoms with Crippen LogP contribution >= 0.6 is 0 Å². The van der Waals surface area contributed by atoms with E-state index in [1.807, 2.05) is 6.92 Å². The Morgan fingerprint density at radius 1 is 1.38 bits per heavy atom. The van der Waals surface area contributed by atoms with Crippen molar-refractivity contribution in [1.29, 1.82) is 0 Å². The van der Waals surface area contributed by atoms with Crippen LogP contribution in [0.3, 0.4) is 0 Å². The van der Waals surface area contributed by atoms with Gasteiger partial charge >= 0.3 is 0 Å². The van der Waals surface area contributed by atoms with E-state index in [1.165, 1.54) is 11.8 Å². The largest absolute Gasteiger partial charge is 0.494 e.